The molecule has 80 valence electrons. The summed E-state index contributed by atoms with van der Waals surface area (Å²) < 4.78 is 49.7. The van der Waals surface area contributed by atoms with Crippen molar-refractivity contribution < 1.29 is 17.6 Å². The van der Waals surface area contributed by atoms with Crippen LogP contribution >= 0.6 is 0 Å². The van der Waals surface area contributed by atoms with E-state index < -0.39 is 23.6 Å². The fraction of sp³-hybridized carbons (Fsp3) is 0.300. The summed E-state index contributed by atoms with van der Waals surface area (Å²) in [6, 6.07) is 1.90. The zero-order valence-corrected chi connectivity index (χ0v) is 7.77. The summed E-state index contributed by atoms with van der Waals surface area (Å²) in [4.78, 5) is 3.07. The van der Waals surface area contributed by atoms with E-state index in [4.69, 9.17) is 6.57 Å². The van der Waals surface area contributed by atoms with Crippen LogP contribution in [0.4, 0.5) is 17.6 Å². The van der Waals surface area contributed by atoms with Gasteiger partial charge < -0.3 is 4.85 Å². The van der Waals surface area contributed by atoms with Gasteiger partial charge in [-0.05, 0) is 18.2 Å². The van der Waals surface area contributed by atoms with E-state index >= 15 is 0 Å². The first-order chi connectivity index (χ1) is 6.86. The molecule has 0 N–H and O–H groups in total. The van der Waals surface area contributed by atoms with Gasteiger partial charge in [0.25, 0.3) is 0 Å². The molecule has 0 radical (unpaired) electrons. The number of nitrogens with zero attached hydrogens (tertiary/aromatic N) is 1. The van der Waals surface area contributed by atoms with Crippen LogP contribution in [0.2, 0.25) is 0 Å². The van der Waals surface area contributed by atoms with Gasteiger partial charge in [0.2, 0.25) is 6.04 Å². The fourth-order valence-electron chi connectivity index (χ4n) is 1.09. The molecular weight excluding hydrogens is 210 g/mol. The van der Waals surface area contributed by atoms with Crippen LogP contribution in [0.1, 0.15) is 24.1 Å². The van der Waals surface area contributed by atoms with Crippen LogP contribution in [0.15, 0.2) is 18.2 Å². The maximum atomic E-state index is 12.8. The van der Waals surface area contributed by atoms with Crippen molar-refractivity contribution in [2.45, 2.75) is 19.1 Å². The Morgan fingerprint density at radius 1 is 1.33 bits per heavy atom. The molecule has 0 amide bonds. The van der Waals surface area contributed by atoms with Gasteiger partial charge in [0.05, 0.1) is 5.56 Å². The van der Waals surface area contributed by atoms with E-state index in [1.807, 2.05) is 0 Å². The van der Waals surface area contributed by atoms with Crippen molar-refractivity contribution in [2.75, 3.05) is 0 Å². The maximum absolute atomic E-state index is 12.8. The first kappa shape index (κ1) is 11.5. The highest BCUT2D eigenvalue weighted by molar-refractivity contribution is 5.30. The Balaban J connectivity index is 3.24. The minimum Gasteiger partial charge on any atom is -0.309 e. The van der Waals surface area contributed by atoms with Gasteiger partial charge in [-0.15, -0.1) is 0 Å². The predicted octanol–water partition coefficient (Wildman–Crippen LogP) is 3.82. The third kappa shape index (κ3) is 2.46. The van der Waals surface area contributed by atoms with Crippen molar-refractivity contribution in [2.24, 2.45) is 0 Å². The Morgan fingerprint density at radius 3 is 2.40 bits per heavy atom. The summed E-state index contributed by atoms with van der Waals surface area (Å²) in [5.74, 6) is -1.32. The van der Waals surface area contributed by atoms with Crippen LogP contribution in [0, 0.1) is 12.4 Å². The zero-order chi connectivity index (χ0) is 11.6. The SMILES string of the molecule is [C-]#[N+]C(C)c1ccc(F)c(C(F)(F)F)c1. The largest absolute Gasteiger partial charge is 0.419 e. The second-order valence-corrected chi connectivity index (χ2v) is 3.04. The first-order valence-corrected chi connectivity index (χ1v) is 4.09. The lowest BCUT2D eigenvalue weighted by molar-refractivity contribution is -0.140. The van der Waals surface area contributed by atoms with Crippen LogP contribution < -0.4 is 0 Å². The molecule has 5 heteroatoms. The molecular formula is C10H7F4N. The molecule has 0 spiro atoms. The molecule has 0 heterocycles. The molecule has 15 heavy (non-hydrogen) atoms. The van der Waals surface area contributed by atoms with Crippen molar-refractivity contribution in [1.29, 1.82) is 0 Å². The average molecular weight is 217 g/mol. The van der Waals surface area contributed by atoms with Gasteiger partial charge in [-0.2, -0.15) is 13.2 Å². The molecule has 1 atom stereocenters. The lowest BCUT2D eigenvalue weighted by atomic mass is 10.1. The molecule has 0 fully saturated rings. The second-order valence-electron chi connectivity index (χ2n) is 3.04. The molecule has 1 aromatic rings. The van der Waals surface area contributed by atoms with Crippen molar-refractivity contribution in [3.63, 3.8) is 0 Å². The van der Waals surface area contributed by atoms with Gasteiger partial charge in [-0.3, -0.25) is 0 Å². The van der Waals surface area contributed by atoms with E-state index in [-0.39, 0.29) is 5.56 Å². The van der Waals surface area contributed by atoms with Crippen LogP contribution in [-0.4, -0.2) is 0 Å². The number of hydrogen-bond acceptors (Lipinski definition) is 0. The number of halogens is 4. The van der Waals surface area contributed by atoms with Gasteiger partial charge in [0.1, 0.15) is 5.82 Å². The molecule has 0 aliphatic heterocycles. The van der Waals surface area contributed by atoms with Gasteiger partial charge in [0, 0.05) is 12.5 Å². The summed E-state index contributed by atoms with van der Waals surface area (Å²) in [6.07, 6.45) is -4.72. The highest BCUT2D eigenvalue weighted by atomic mass is 19.4. The third-order valence-corrected chi connectivity index (χ3v) is 1.97. The minimum atomic E-state index is -4.72. The topological polar surface area (TPSA) is 4.36 Å². The fourth-order valence-corrected chi connectivity index (χ4v) is 1.09. The van der Waals surface area contributed by atoms with E-state index in [0.29, 0.717) is 6.07 Å². The van der Waals surface area contributed by atoms with Crippen LogP contribution in [0.3, 0.4) is 0 Å². The van der Waals surface area contributed by atoms with Crippen molar-refractivity contribution >= 4 is 0 Å². The Labute approximate surface area is 84.2 Å². The summed E-state index contributed by atoms with van der Waals surface area (Å²) in [7, 11) is 0. The standard InChI is InChI=1S/C10H7F4N/c1-6(15-2)7-3-4-9(11)8(5-7)10(12,13)14/h3-6H,1H3. The number of rotatable bonds is 1. The van der Waals surface area contributed by atoms with Gasteiger partial charge in [-0.1, -0.05) is 0 Å². The van der Waals surface area contributed by atoms with E-state index in [9.17, 15) is 17.6 Å². The number of hydrogen-bond donors (Lipinski definition) is 0. The van der Waals surface area contributed by atoms with E-state index in [1.54, 1.807) is 0 Å². The molecule has 1 nitrogen and oxygen atoms in total. The summed E-state index contributed by atoms with van der Waals surface area (Å²) in [6.45, 7) is 8.13. The quantitative estimate of drug-likeness (QED) is 0.497. The summed E-state index contributed by atoms with van der Waals surface area (Å²) in [5.41, 5.74) is -1.16. The molecule has 1 rings (SSSR count). The Hall–Kier alpha value is -1.57. The third-order valence-electron chi connectivity index (χ3n) is 1.97. The summed E-state index contributed by atoms with van der Waals surface area (Å²) >= 11 is 0. The Kier molecular flexibility index (Phi) is 2.98. The monoisotopic (exact) mass is 217 g/mol. The van der Waals surface area contributed by atoms with E-state index in [0.717, 1.165) is 6.07 Å². The number of alkyl halides is 3. The molecule has 0 aliphatic rings. The molecule has 0 saturated carbocycles. The Bertz CT molecular complexity index is 403. The van der Waals surface area contributed by atoms with Gasteiger partial charge in [0.15, 0.2) is 0 Å². The number of benzene rings is 1. The normalized spacial score (nSPS) is 13.3. The molecule has 0 aromatic heterocycles. The van der Waals surface area contributed by atoms with Crippen LogP contribution in [0.5, 0.6) is 0 Å². The van der Waals surface area contributed by atoms with E-state index in [2.05, 4.69) is 4.85 Å². The van der Waals surface area contributed by atoms with Crippen molar-refractivity contribution in [3.05, 3.63) is 46.6 Å². The first-order valence-electron chi connectivity index (χ1n) is 4.09. The second kappa shape index (κ2) is 3.89. The molecule has 0 bridgehead atoms. The van der Waals surface area contributed by atoms with Crippen molar-refractivity contribution in [3.8, 4) is 0 Å². The molecule has 1 unspecified atom stereocenters. The average Bonchev–Trinajstić information content (AvgIpc) is 2.15. The molecule has 0 aliphatic carbocycles. The van der Waals surface area contributed by atoms with Crippen molar-refractivity contribution in [1.82, 2.24) is 0 Å². The highest BCUT2D eigenvalue weighted by Gasteiger charge is 2.34. The summed E-state index contributed by atoms with van der Waals surface area (Å²) in [5, 5.41) is 0. The molecule has 0 saturated heterocycles. The Morgan fingerprint density at radius 2 is 1.93 bits per heavy atom. The van der Waals surface area contributed by atoms with E-state index in [1.165, 1.54) is 13.0 Å². The van der Waals surface area contributed by atoms with Crippen LogP contribution in [-0.2, 0) is 6.18 Å². The zero-order valence-electron chi connectivity index (χ0n) is 7.77. The lowest BCUT2D eigenvalue weighted by Gasteiger charge is -2.09. The predicted molar refractivity (Wildman–Crippen MR) is 46.4 cm³/mol. The highest BCUT2D eigenvalue weighted by Crippen LogP contribution is 2.33. The lowest BCUT2D eigenvalue weighted by Crippen LogP contribution is -2.09. The van der Waals surface area contributed by atoms with Gasteiger partial charge in [-0.25, -0.2) is 11.0 Å². The van der Waals surface area contributed by atoms with Gasteiger partial charge >= 0.3 is 6.18 Å². The van der Waals surface area contributed by atoms with Crippen LogP contribution in [0.25, 0.3) is 4.85 Å². The molecule has 1 aromatic carbocycles. The maximum Gasteiger partial charge on any atom is 0.419 e. The minimum absolute atomic E-state index is 0.165. The smallest absolute Gasteiger partial charge is 0.309 e.